The van der Waals surface area contributed by atoms with E-state index in [1.165, 1.54) is 0 Å². The molecule has 0 aliphatic heterocycles. The lowest BCUT2D eigenvalue weighted by atomic mass is 10.1. The smallest absolute Gasteiger partial charge is 0.235 e. The second-order valence-corrected chi connectivity index (χ2v) is 4.89. The highest BCUT2D eigenvalue weighted by molar-refractivity contribution is 5.81. The van der Waals surface area contributed by atoms with Crippen LogP contribution in [-0.2, 0) is 0 Å². The Hall–Kier alpha value is -3.08. The molecule has 21 heavy (non-hydrogen) atoms. The number of aromatic nitrogens is 3. The molecule has 0 aliphatic carbocycles. The molecular weight excluding hydrogens is 264 g/mol. The highest BCUT2D eigenvalue weighted by Gasteiger charge is 2.08. The minimum atomic E-state index is 0.199. The van der Waals surface area contributed by atoms with Gasteiger partial charge in [0.25, 0.3) is 0 Å². The van der Waals surface area contributed by atoms with Crippen molar-refractivity contribution in [2.45, 2.75) is 0 Å². The van der Waals surface area contributed by atoms with Gasteiger partial charge in [0.1, 0.15) is 5.75 Å². The van der Waals surface area contributed by atoms with E-state index in [2.05, 4.69) is 9.97 Å². The first-order valence-electron chi connectivity index (χ1n) is 6.54. The number of aromatic hydroxyl groups is 1. The quantitative estimate of drug-likeness (QED) is 0.524. The summed E-state index contributed by atoms with van der Waals surface area (Å²) >= 11 is 0. The molecule has 2 aromatic carbocycles. The molecule has 0 unspecified atom stereocenters. The van der Waals surface area contributed by atoms with Gasteiger partial charge in [-0.15, -0.1) is 0 Å². The van der Waals surface area contributed by atoms with Crippen molar-refractivity contribution in [3.05, 3.63) is 54.7 Å². The first-order valence-corrected chi connectivity index (χ1v) is 6.54. The van der Waals surface area contributed by atoms with Crippen LogP contribution in [0.2, 0.25) is 0 Å². The van der Waals surface area contributed by atoms with Gasteiger partial charge in [-0.3, -0.25) is 4.40 Å². The number of hydrogen-bond acceptors (Lipinski definition) is 4. The highest BCUT2D eigenvalue weighted by atomic mass is 16.3. The van der Waals surface area contributed by atoms with E-state index in [4.69, 9.17) is 5.73 Å². The Morgan fingerprint density at radius 3 is 2.57 bits per heavy atom. The standard InChI is InChI=1S/C16H12N4O/c17-11-3-1-10(2-4-11)13-7-8-20-15-6-5-12(21)9-14(15)19-16(20)18-13/h1-9,21H,17H2. The number of fused-ring (bicyclic) bond motifs is 3. The number of phenolic OH excluding ortho intramolecular Hbond substituents is 1. The van der Waals surface area contributed by atoms with Gasteiger partial charge in [-0.25, -0.2) is 9.97 Å². The zero-order valence-corrected chi connectivity index (χ0v) is 11.1. The van der Waals surface area contributed by atoms with E-state index < -0.39 is 0 Å². The molecule has 3 N–H and O–H groups in total. The molecule has 0 saturated carbocycles. The first-order chi connectivity index (χ1) is 10.2. The topological polar surface area (TPSA) is 76.4 Å². The number of rotatable bonds is 1. The summed E-state index contributed by atoms with van der Waals surface area (Å²) in [4.78, 5) is 9.02. The van der Waals surface area contributed by atoms with E-state index in [0.29, 0.717) is 5.78 Å². The molecule has 5 nitrogen and oxygen atoms in total. The monoisotopic (exact) mass is 276 g/mol. The maximum atomic E-state index is 9.53. The maximum absolute atomic E-state index is 9.53. The Morgan fingerprint density at radius 1 is 0.952 bits per heavy atom. The lowest BCUT2D eigenvalue weighted by Crippen LogP contribution is -1.91. The Kier molecular flexibility index (Phi) is 2.35. The van der Waals surface area contributed by atoms with Crippen molar-refractivity contribution in [2.24, 2.45) is 0 Å². The van der Waals surface area contributed by atoms with E-state index >= 15 is 0 Å². The molecule has 0 spiro atoms. The second kappa shape index (κ2) is 4.21. The third-order valence-corrected chi connectivity index (χ3v) is 3.46. The molecule has 0 saturated heterocycles. The molecule has 102 valence electrons. The van der Waals surface area contributed by atoms with Crippen LogP contribution in [0.4, 0.5) is 5.69 Å². The summed E-state index contributed by atoms with van der Waals surface area (Å²) in [6.45, 7) is 0. The molecule has 0 atom stereocenters. The summed E-state index contributed by atoms with van der Waals surface area (Å²) in [5, 5.41) is 9.53. The number of nitrogen functional groups attached to an aromatic ring is 1. The molecule has 2 heterocycles. The van der Waals surface area contributed by atoms with Crippen LogP contribution in [0.5, 0.6) is 5.75 Å². The van der Waals surface area contributed by atoms with Crippen molar-refractivity contribution in [3.8, 4) is 17.0 Å². The molecule has 0 radical (unpaired) electrons. The molecule has 5 heteroatoms. The molecule has 4 aromatic rings. The molecule has 0 fully saturated rings. The maximum Gasteiger partial charge on any atom is 0.235 e. The van der Waals surface area contributed by atoms with Gasteiger partial charge in [-0.05, 0) is 30.3 Å². The van der Waals surface area contributed by atoms with Gasteiger partial charge >= 0.3 is 0 Å². The third kappa shape index (κ3) is 1.87. The first kappa shape index (κ1) is 11.7. The van der Waals surface area contributed by atoms with Crippen molar-refractivity contribution in [3.63, 3.8) is 0 Å². The fraction of sp³-hybridized carbons (Fsp3) is 0. The highest BCUT2D eigenvalue weighted by Crippen LogP contribution is 2.23. The number of phenols is 1. The molecule has 0 amide bonds. The number of nitrogens with zero attached hydrogens (tertiary/aromatic N) is 3. The minimum Gasteiger partial charge on any atom is -0.508 e. The molecule has 4 rings (SSSR count). The second-order valence-electron chi connectivity index (χ2n) is 4.89. The van der Waals surface area contributed by atoms with Crippen LogP contribution < -0.4 is 5.73 Å². The Balaban J connectivity index is 1.93. The average molecular weight is 276 g/mol. The van der Waals surface area contributed by atoms with E-state index in [-0.39, 0.29) is 5.75 Å². The normalized spacial score (nSPS) is 11.2. The predicted molar refractivity (Wildman–Crippen MR) is 82.0 cm³/mol. The fourth-order valence-electron chi connectivity index (χ4n) is 2.41. The fourth-order valence-corrected chi connectivity index (χ4v) is 2.41. The van der Waals surface area contributed by atoms with Gasteiger partial charge in [-0.1, -0.05) is 12.1 Å². The van der Waals surface area contributed by atoms with Gasteiger partial charge < -0.3 is 10.8 Å². The summed E-state index contributed by atoms with van der Waals surface area (Å²) in [7, 11) is 0. The van der Waals surface area contributed by atoms with Crippen LogP contribution in [-0.4, -0.2) is 19.5 Å². The predicted octanol–water partition coefficient (Wildman–Crippen LogP) is 2.84. The number of anilines is 1. The number of hydrogen-bond donors (Lipinski definition) is 2. The van der Waals surface area contributed by atoms with E-state index in [9.17, 15) is 5.11 Å². The number of benzene rings is 2. The molecule has 2 aromatic heterocycles. The van der Waals surface area contributed by atoms with Crippen molar-refractivity contribution < 1.29 is 5.11 Å². The largest absolute Gasteiger partial charge is 0.508 e. The Labute approximate surface area is 120 Å². The van der Waals surface area contributed by atoms with Crippen LogP contribution in [0.15, 0.2) is 54.7 Å². The number of imidazole rings is 1. The lowest BCUT2D eigenvalue weighted by molar-refractivity contribution is 0.476. The van der Waals surface area contributed by atoms with Crippen LogP contribution in [0.3, 0.4) is 0 Å². The van der Waals surface area contributed by atoms with Gasteiger partial charge in [0.15, 0.2) is 0 Å². The van der Waals surface area contributed by atoms with Crippen molar-refractivity contribution in [1.82, 2.24) is 14.4 Å². The van der Waals surface area contributed by atoms with E-state index in [0.717, 1.165) is 28.0 Å². The van der Waals surface area contributed by atoms with Crippen LogP contribution in [0.25, 0.3) is 28.1 Å². The summed E-state index contributed by atoms with van der Waals surface area (Å²) in [6.07, 6.45) is 1.93. The van der Waals surface area contributed by atoms with Gasteiger partial charge in [-0.2, -0.15) is 0 Å². The molecular formula is C16H12N4O. The van der Waals surface area contributed by atoms with Crippen molar-refractivity contribution in [1.29, 1.82) is 0 Å². The zero-order valence-electron chi connectivity index (χ0n) is 11.1. The van der Waals surface area contributed by atoms with Crippen molar-refractivity contribution >= 4 is 22.5 Å². The summed E-state index contributed by atoms with van der Waals surface area (Å²) in [6, 6.07) is 14.6. The molecule has 0 aliphatic rings. The average Bonchev–Trinajstić information content (AvgIpc) is 2.84. The summed E-state index contributed by atoms with van der Waals surface area (Å²) in [5.74, 6) is 0.801. The van der Waals surface area contributed by atoms with Crippen LogP contribution in [0, 0.1) is 0 Å². The summed E-state index contributed by atoms with van der Waals surface area (Å²) < 4.78 is 1.90. The summed E-state index contributed by atoms with van der Waals surface area (Å²) in [5.41, 5.74) is 9.88. The van der Waals surface area contributed by atoms with Crippen LogP contribution in [0.1, 0.15) is 0 Å². The van der Waals surface area contributed by atoms with Gasteiger partial charge in [0, 0.05) is 23.5 Å². The lowest BCUT2D eigenvalue weighted by Gasteiger charge is -2.02. The van der Waals surface area contributed by atoms with Crippen LogP contribution >= 0.6 is 0 Å². The van der Waals surface area contributed by atoms with E-state index in [1.807, 2.05) is 47.0 Å². The van der Waals surface area contributed by atoms with Gasteiger partial charge in [0.05, 0.1) is 16.7 Å². The van der Waals surface area contributed by atoms with Gasteiger partial charge in [0.2, 0.25) is 5.78 Å². The molecule has 0 bridgehead atoms. The Bertz CT molecular complexity index is 957. The zero-order chi connectivity index (χ0) is 14.4. The Morgan fingerprint density at radius 2 is 1.76 bits per heavy atom. The SMILES string of the molecule is Nc1ccc(-c2ccn3c(n2)nc2cc(O)ccc23)cc1. The third-order valence-electron chi connectivity index (χ3n) is 3.46. The van der Waals surface area contributed by atoms with E-state index in [1.54, 1.807) is 12.1 Å². The van der Waals surface area contributed by atoms with Crippen molar-refractivity contribution in [2.75, 3.05) is 5.73 Å². The minimum absolute atomic E-state index is 0.199. The number of nitrogens with two attached hydrogens (primary N) is 1.